The number of carbonyl (C=O) groups is 1. The highest BCUT2D eigenvalue weighted by atomic mass is 32.2. The van der Waals surface area contributed by atoms with Crippen LogP contribution in [0.25, 0.3) is 6.08 Å². The number of para-hydroxylation sites is 1. The van der Waals surface area contributed by atoms with Gasteiger partial charge < -0.3 is 9.47 Å². The third kappa shape index (κ3) is 3.70. The molecule has 0 aromatic heterocycles. The molecule has 128 valence electrons. The molecule has 1 amide bonds. The Morgan fingerprint density at radius 2 is 1.92 bits per heavy atom. The number of hydrogen-bond donors (Lipinski definition) is 0. The lowest BCUT2D eigenvalue weighted by atomic mass is 10.2. The molecule has 1 aliphatic rings. The lowest BCUT2D eigenvalue weighted by Crippen LogP contribution is -2.27. The number of ether oxygens (including phenoxy) is 2. The van der Waals surface area contributed by atoms with Gasteiger partial charge in [-0.3, -0.25) is 9.69 Å². The first-order chi connectivity index (χ1) is 12.1. The Labute approximate surface area is 156 Å². The number of carbonyl (C=O) groups excluding carboxylic acids is 1. The molecule has 2 aromatic carbocycles. The molecule has 0 bridgehead atoms. The van der Waals surface area contributed by atoms with Gasteiger partial charge in [-0.2, -0.15) is 0 Å². The van der Waals surface area contributed by atoms with Gasteiger partial charge in [0.25, 0.3) is 5.91 Å². The molecule has 0 spiro atoms. The lowest BCUT2D eigenvalue weighted by Gasteiger charge is -2.13. The highest BCUT2D eigenvalue weighted by Crippen LogP contribution is 2.37. The minimum atomic E-state index is -0.117. The van der Waals surface area contributed by atoms with Gasteiger partial charge >= 0.3 is 0 Å². The molecule has 0 radical (unpaired) electrons. The molecular weight excluding hydrogens is 354 g/mol. The Morgan fingerprint density at radius 3 is 2.60 bits per heavy atom. The SMILES string of the molecule is CCOc1ccc(/C=C2\SC(=S)N(c3ccccc3)C2=O)cc1OC. The molecule has 1 aliphatic heterocycles. The molecule has 0 saturated carbocycles. The number of amides is 1. The summed E-state index contributed by atoms with van der Waals surface area (Å²) in [5.41, 5.74) is 1.63. The Balaban J connectivity index is 1.90. The summed E-state index contributed by atoms with van der Waals surface area (Å²) in [7, 11) is 1.59. The fraction of sp³-hybridized carbons (Fsp3) is 0.158. The van der Waals surface area contributed by atoms with Gasteiger partial charge in [-0.15, -0.1) is 0 Å². The minimum Gasteiger partial charge on any atom is -0.493 e. The number of methoxy groups -OCH3 is 1. The monoisotopic (exact) mass is 371 g/mol. The van der Waals surface area contributed by atoms with Gasteiger partial charge in [0.15, 0.2) is 15.8 Å². The van der Waals surface area contributed by atoms with E-state index >= 15 is 0 Å². The summed E-state index contributed by atoms with van der Waals surface area (Å²) in [6, 6.07) is 15.0. The molecule has 0 aliphatic carbocycles. The van der Waals surface area contributed by atoms with Crippen molar-refractivity contribution >= 4 is 46.0 Å². The molecule has 6 heteroatoms. The van der Waals surface area contributed by atoms with Crippen molar-refractivity contribution in [2.75, 3.05) is 18.6 Å². The van der Waals surface area contributed by atoms with E-state index in [9.17, 15) is 4.79 Å². The maximum atomic E-state index is 12.7. The number of benzene rings is 2. The second-order valence-corrected chi connectivity index (χ2v) is 6.87. The van der Waals surface area contributed by atoms with Gasteiger partial charge in [0, 0.05) is 0 Å². The first-order valence-electron chi connectivity index (χ1n) is 7.78. The summed E-state index contributed by atoms with van der Waals surface area (Å²) in [5, 5.41) is 0. The number of anilines is 1. The summed E-state index contributed by atoms with van der Waals surface area (Å²) in [5.74, 6) is 1.20. The van der Waals surface area contributed by atoms with Crippen molar-refractivity contribution in [3.8, 4) is 11.5 Å². The number of rotatable bonds is 5. The second-order valence-electron chi connectivity index (χ2n) is 5.20. The topological polar surface area (TPSA) is 38.8 Å². The largest absolute Gasteiger partial charge is 0.493 e. The number of hydrogen-bond acceptors (Lipinski definition) is 5. The minimum absolute atomic E-state index is 0.117. The van der Waals surface area contributed by atoms with Crippen molar-refractivity contribution in [2.24, 2.45) is 0 Å². The Hall–Kier alpha value is -2.31. The first-order valence-corrected chi connectivity index (χ1v) is 9.00. The molecule has 4 nitrogen and oxygen atoms in total. The van der Waals surface area contributed by atoms with Crippen molar-refractivity contribution in [1.29, 1.82) is 0 Å². The van der Waals surface area contributed by atoms with Gasteiger partial charge in [0.1, 0.15) is 0 Å². The van der Waals surface area contributed by atoms with E-state index in [4.69, 9.17) is 21.7 Å². The van der Waals surface area contributed by atoms with E-state index in [1.807, 2.05) is 61.5 Å². The molecule has 1 fully saturated rings. The third-order valence-corrected chi connectivity index (χ3v) is 4.90. The third-order valence-electron chi connectivity index (χ3n) is 3.59. The Morgan fingerprint density at radius 1 is 1.16 bits per heavy atom. The molecular formula is C19H17NO3S2. The molecule has 2 aromatic rings. The van der Waals surface area contributed by atoms with Gasteiger partial charge in [0.2, 0.25) is 0 Å². The average Bonchev–Trinajstić information content (AvgIpc) is 2.90. The van der Waals surface area contributed by atoms with Crippen LogP contribution in [0, 0.1) is 0 Å². The standard InChI is InChI=1S/C19H17NO3S2/c1-3-23-15-10-9-13(11-16(15)22-2)12-17-18(21)20(19(24)25-17)14-7-5-4-6-8-14/h4-12H,3H2,1-2H3/b17-12-. The molecule has 1 heterocycles. The van der Waals surface area contributed by atoms with Crippen LogP contribution in [-0.4, -0.2) is 23.9 Å². The molecule has 0 atom stereocenters. The van der Waals surface area contributed by atoms with Gasteiger partial charge in [-0.25, -0.2) is 0 Å². The highest BCUT2D eigenvalue weighted by molar-refractivity contribution is 8.27. The van der Waals surface area contributed by atoms with Crippen LogP contribution < -0.4 is 14.4 Å². The highest BCUT2D eigenvalue weighted by Gasteiger charge is 2.33. The van der Waals surface area contributed by atoms with Crippen molar-refractivity contribution in [1.82, 2.24) is 0 Å². The Kier molecular flexibility index (Phi) is 5.40. The van der Waals surface area contributed by atoms with Crippen LogP contribution in [0.1, 0.15) is 12.5 Å². The number of nitrogens with zero attached hydrogens (tertiary/aromatic N) is 1. The van der Waals surface area contributed by atoms with Crippen LogP contribution in [0.2, 0.25) is 0 Å². The molecule has 1 saturated heterocycles. The molecule has 0 N–H and O–H groups in total. The van der Waals surface area contributed by atoms with Crippen molar-refractivity contribution in [3.05, 3.63) is 59.0 Å². The average molecular weight is 371 g/mol. The quantitative estimate of drug-likeness (QED) is 0.572. The van der Waals surface area contributed by atoms with Gasteiger partial charge in [-0.05, 0) is 42.8 Å². The molecule has 25 heavy (non-hydrogen) atoms. The fourth-order valence-electron chi connectivity index (χ4n) is 2.47. The van der Waals surface area contributed by atoms with Crippen molar-refractivity contribution in [2.45, 2.75) is 6.92 Å². The zero-order chi connectivity index (χ0) is 17.8. The fourth-order valence-corrected chi connectivity index (χ4v) is 3.77. The summed E-state index contributed by atoms with van der Waals surface area (Å²) in [6.45, 7) is 2.48. The zero-order valence-corrected chi connectivity index (χ0v) is 15.5. The zero-order valence-electron chi connectivity index (χ0n) is 13.9. The molecule has 0 unspecified atom stereocenters. The summed E-state index contributed by atoms with van der Waals surface area (Å²) < 4.78 is 11.4. The predicted molar refractivity (Wildman–Crippen MR) is 106 cm³/mol. The van der Waals surface area contributed by atoms with Crippen LogP contribution >= 0.6 is 24.0 Å². The van der Waals surface area contributed by atoms with Crippen LogP contribution in [0.15, 0.2) is 53.4 Å². The van der Waals surface area contributed by atoms with Crippen LogP contribution in [0.3, 0.4) is 0 Å². The maximum absolute atomic E-state index is 12.7. The van der Waals surface area contributed by atoms with Gasteiger partial charge in [-0.1, -0.05) is 48.2 Å². The first kappa shape index (κ1) is 17.5. The maximum Gasteiger partial charge on any atom is 0.270 e. The van der Waals surface area contributed by atoms with Gasteiger partial charge in [0.05, 0.1) is 24.3 Å². The van der Waals surface area contributed by atoms with E-state index in [2.05, 4.69) is 0 Å². The number of thiocarbonyl (C=S) groups is 1. The van der Waals surface area contributed by atoms with Crippen molar-refractivity contribution < 1.29 is 14.3 Å². The smallest absolute Gasteiger partial charge is 0.270 e. The van der Waals surface area contributed by atoms with E-state index in [0.717, 1.165) is 11.3 Å². The van der Waals surface area contributed by atoms with Crippen LogP contribution in [-0.2, 0) is 4.79 Å². The summed E-state index contributed by atoms with van der Waals surface area (Å²) >= 11 is 6.68. The van der Waals surface area contributed by atoms with Crippen LogP contribution in [0.4, 0.5) is 5.69 Å². The van der Waals surface area contributed by atoms with E-state index in [1.165, 1.54) is 11.8 Å². The second kappa shape index (κ2) is 7.72. The summed E-state index contributed by atoms with van der Waals surface area (Å²) in [6.07, 6.45) is 1.82. The normalized spacial score (nSPS) is 15.8. The van der Waals surface area contributed by atoms with E-state index in [-0.39, 0.29) is 5.91 Å². The molecule has 3 rings (SSSR count). The van der Waals surface area contributed by atoms with E-state index in [0.29, 0.717) is 27.3 Å². The van der Waals surface area contributed by atoms with E-state index in [1.54, 1.807) is 12.0 Å². The summed E-state index contributed by atoms with van der Waals surface area (Å²) in [4.78, 5) is 14.9. The van der Waals surface area contributed by atoms with E-state index < -0.39 is 0 Å². The van der Waals surface area contributed by atoms with Crippen LogP contribution in [0.5, 0.6) is 11.5 Å². The van der Waals surface area contributed by atoms with Crippen molar-refractivity contribution in [3.63, 3.8) is 0 Å². The predicted octanol–water partition coefficient (Wildman–Crippen LogP) is 4.50. The number of thioether (sulfide) groups is 1. The Bertz CT molecular complexity index is 834. The lowest BCUT2D eigenvalue weighted by molar-refractivity contribution is -0.113.